The van der Waals surface area contributed by atoms with Crippen LogP contribution in [0.4, 0.5) is 0 Å². The summed E-state index contributed by atoms with van der Waals surface area (Å²) in [7, 11) is 0. The molecule has 3 nitrogen and oxygen atoms in total. The molecule has 1 aromatic carbocycles. The Morgan fingerprint density at radius 2 is 2.06 bits per heavy atom. The van der Waals surface area contributed by atoms with E-state index in [1.54, 1.807) is 0 Å². The first-order chi connectivity index (χ1) is 8.24. The highest BCUT2D eigenvalue weighted by molar-refractivity contribution is 5.13. The highest BCUT2D eigenvalue weighted by Gasteiger charge is 2.25. The van der Waals surface area contributed by atoms with Crippen LogP contribution in [0, 0.1) is 0 Å². The fourth-order valence-electron chi connectivity index (χ4n) is 2.21. The first-order valence-electron chi connectivity index (χ1n) is 6.19. The maximum atomic E-state index is 9.63. The lowest BCUT2D eigenvalue weighted by atomic mass is 10.0. The van der Waals surface area contributed by atoms with Crippen LogP contribution in [0.15, 0.2) is 30.3 Å². The first-order valence-corrected chi connectivity index (χ1v) is 6.19. The fraction of sp³-hybridized carbons (Fsp3) is 0.571. The molecule has 1 saturated heterocycles. The van der Waals surface area contributed by atoms with E-state index < -0.39 is 0 Å². The molecule has 2 rings (SSSR count). The Labute approximate surface area is 102 Å². The van der Waals surface area contributed by atoms with Crippen LogP contribution in [0.3, 0.4) is 0 Å². The van der Waals surface area contributed by atoms with Crippen molar-refractivity contribution in [1.29, 1.82) is 0 Å². The molecule has 0 radical (unpaired) electrons. The number of hydrogen-bond acceptors (Lipinski definition) is 3. The fourth-order valence-corrected chi connectivity index (χ4v) is 2.21. The molecule has 0 amide bonds. The van der Waals surface area contributed by atoms with Gasteiger partial charge < -0.3 is 14.6 Å². The van der Waals surface area contributed by atoms with E-state index in [-0.39, 0.29) is 18.3 Å². The summed E-state index contributed by atoms with van der Waals surface area (Å²) >= 11 is 0. The van der Waals surface area contributed by atoms with E-state index in [1.165, 1.54) is 0 Å². The van der Waals surface area contributed by atoms with Crippen molar-refractivity contribution in [2.24, 2.45) is 0 Å². The predicted molar refractivity (Wildman–Crippen MR) is 65.7 cm³/mol. The van der Waals surface area contributed by atoms with E-state index in [9.17, 15) is 5.11 Å². The van der Waals surface area contributed by atoms with Gasteiger partial charge in [-0.3, -0.25) is 0 Å². The molecule has 94 valence electrons. The highest BCUT2D eigenvalue weighted by atomic mass is 16.5. The molecule has 1 unspecified atom stereocenters. The van der Waals surface area contributed by atoms with E-state index in [4.69, 9.17) is 9.47 Å². The number of aliphatic hydroxyl groups is 1. The summed E-state index contributed by atoms with van der Waals surface area (Å²) in [5, 5.41) is 9.63. The molecule has 0 aliphatic carbocycles. The largest absolute Gasteiger partial charge is 0.393 e. The van der Waals surface area contributed by atoms with Gasteiger partial charge in [0.2, 0.25) is 0 Å². The van der Waals surface area contributed by atoms with Gasteiger partial charge in [0, 0.05) is 6.42 Å². The van der Waals surface area contributed by atoms with Gasteiger partial charge in [-0.2, -0.15) is 0 Å². The van der Waals surface area contributed by atoms with Gasteiger partial charge in [-0.15, -0.1) is 0 Å². The smallest absolute Gasteiger partial charge is 0.0836 e. The SMILES string of the molecule is CC1C[C@@H](O)C[C@@H](COCc2ccccc2)O1. The maximum absolute atomic E-state index is 9.63. The van der Waals surface area contributed by atoms with Crippen LogP contribution < -0.4 is 0 Å². The van der Waals surface area contributed by atoms with Crippen molar-refractivity contribution in [1.82, 2.24) is 0 Å². The van der Waals surface area contributed by atoms with Crippen molar-refractivity contribution in [3.63, 3.8) is 0 Å². The van der Waals surface area contributed by atoms with Crippen molar-refractivity contribution < 1.29 is 14.6 Å². The van der Waals surface area contributed by atoms with E-state index in [1.807, 2.05) is 37.3 Å². The van der Waals surface area contributed by atoms with Crippen LogP contribution in [0.5, 0.6) is 0 Å². The minimum atomic E-state index is -0.246. The molecule has 1 aliphatic heterocycles. The Bertz CT molecular complexity index is 315. The zero-order valence-corrected chi connectivity index (χ0v) is 10.2. The van der Waals surface area contributed by atoms with Crippen LogP contribution in [0.25, 0.3) is 0 Å². The zero-order chi connectivity index (χ0) is 12.1. The standard InChI is InChI=1S/C14H20O3/c1-11-7-13(15)8-14(17-11)10-16-9-12-5-3-2-4-6-12/h2-6,11,13-15H,7-10H2,1H3/t11?,13-,14+/m1/s1. The maximum Gasteiger partial charge on any atom is 0.0836 e. The number of aliphatic hydroxyl groups excluding tert-OH is 1. The Balaban J connectivity index is 1.71. The van der Waals surface area contributed by atoms with Crippen molar-refractivity contribution in [2.75, 3.05) is 6.61 Å². The second-order valence-corrected chi connectivity index (χ2v) is 4.69. The third-order valence-electron chi connectivity index (χ3n) is 2.98. The van der Waals surface area contributed by atoms with Crippen LogP contribution in [0.1, 0.15) is 25.3 Å². The Morgan fingerprint density at radius 3 is 2.76 bits per heavy atom. The summed E-state index contributed by atoms with van der Waals surface area (Å²) in [5.74, 6) is 0. The number of benzene rings is 1. The molecule has 1 heterocycles. The molecule has 3 heteroatoms. The second kappa shape index (κ2) is 6.15. The summed E-state index contributed by atoms with van der Waals surface area (Å²) in [6.07, 6.45) is 1.32. The van der Waals surface area contributed by atoms with Gasteiger partial charge in [0.25, 0.3) is 0 Å². The Hall–Kier alpha value is -0.900. The molecule has 1 aliphatic rings. The normalized spacial score (nSPS) is 29.2. The molecule has 0 aromatic heterocycles. The topological polar surface area (TPSA) is 38.7 Å². The van der Waals surface area contributed by atoms with Gasteiger partial charge in [-0.05, 0) is 18.9 Å². The van der Waals surface area contributed by atoms with Gasteiger partial charge >= 0.3 is 0 Å². The monoisotopic (exact) mass is 236 g/mol. The lowest BCUT2D eigenvalue weighted by molar-refractivity contribution is -0.116. The molecular formula is C14H20O3. The molecule has 17 heavy (non-hydrogen) atoms. The summed E-state index contributed by atoms with van der Waals surface area (Å²) in [4.78, 5) is 0. The molecule has 1 aromatic rings. The van der Waals surface area contributed by atoms with Gasteiger partial charge in [0.15, 0.2) is 0 Å². The summed E-state index contributed by atoms with van der Waals surface area (Å²) in [5.41, 5.74) is 1.16. The average Bonchev–Trinajstić information content (AvgIpc) is 2.29. The third kappa shape index (κ3) is 4.11. The molecule has 1 fully saturated rings. The van der Waals surface area contributed by atoms with E-state index in [0.29, 0.717) is 19.6 Å². The molecule has 0 saturated carbocycles. The van der Waals surface area contributed by atoms with Gasteiger partial charge in [0.05, 0.1) is 31.5 Å². The quantitative estimate of drug-likeness (QED) is 0.870. The van der Waals surface area contributed by atoms with Gasteiger partial charge in [-0.25, -0.2) is 0 Å². The second-order valence-electron chi connectivity index (χ2n) is 4.69. The lowest BCUT2D eigenvalue weighted by Crippen LogP contribution is -2.36. The predicted octanol–water partition coefficient (Wildman–Crippen LogP) is 2.13. The van der Waals surface area contributed by atoms with Crippen LogP contribution in [-0.4, -0.2) is 30.0 Å². The molecule has 1 N–H and O–H groups in total. The Morgan fingerprint density at radius 1 is 1.29 bits per heavy atom. The van der Waals surface area contributed by atoms with Crippen LogP contribution in [-0.2, 0) is 16.1 Å². The van der Waals surface area contributed by atoms with E-state index >= 15 is 0 Å². The van der Waals surface area contributed by atoms with Crippen LogP contribution in [0.2, 0.25) is 0 Å². The van der Waals surface area contributed by atoms with Crippen molar-refractivity contribution >= 4 is 0 Å². The summed E-state index contributed by atoms with van der Waals surface area (Å²) in [6, 6.07) is 10.1. The summed E-state index contributed by atoms with van der Waals surface area (Å²) < 4.78 is 11.3. The van der Waals surface area contributed by atoms with E-state index in [2.05, 4.69) is 0 Å². The molecule has 0 bridgehead atoms. The summed E-state index contributed by atoms with van der Waals surface area (Å²) in [6.45, 7) is 3.15. The average molecular weight is 236 g/mol. The van der Waals surface area contributed by atoms with Crippen molar-refractivity contribution in [3.8, 4) is 0 Å². The highest BCUT2D eigenvalue weighted by Crippen LogP contribution is 2.19. The third-order valence-corrected chi connectivity index (χ3v) is 2.98. The minimum absolute atomic E-state index is 0.0254. The van der Waals surface area contributed by atoms with Crippen LogP contribution >= 0.6 is 0 Å². The van der Waals surface area contributed by atoms with Gasteiger partial charge in [-0.1, -0.05) is 30.3 Å². The van der Waals surface area contributed by atoms with E-state index in [0.717, 1.165) is 12.0 Å². The Kier molecular flexibility index (Phi) is 4.54. The number of hydrogen-bond donors (Lipinski definition) is 1. The molecule has 3 atom stereocenters. The number of ether oxygens (including phenoxy) is 2. The van der Waals surface area contributed by atoms with Crippen molar-refractivity contribution in [3.05, 3.63) is 35.9 Å². The zero-order valence-electron chi connectivity index (χ0n) is 10.2. The number of rotatable bonds is 4. The molecular weight excluding hydrogens is 216 g/mol. The van der Waals surface area contributed by atoms with Gasteiger partial charge in [0.1, 0.15) is 0 Å². The minimum Gasteiger partial charge on any atom is -0.393 e. The lowest BCUT2D eigenvalue weighted by Gasteiger charge is -2.31. The first kappa shape index (κ1) is 12.6. The van der Waals surface area contributed by atoms with Crippen molar-refractivity contribution in [2.45, 2.75) is 44.7 Å². The molecule has 0 spiro atoms.